The van der Waals surface area contributed by atoms with Crippen LogP contribution < -0.4 is 26.3 Å². The number of nitrogens with one attached hydrogen (secondary N) is 1. The SMILES string of the molecule is CC(C)CCNc1ncc2c(n1)n(-c1ccc(C(N)=O)cc1)c[n+]2CN1CCN(c2ncc3ncn(-c4ccc(C(N)=O)cc4)c3n2)CC1. The summed E-state index contributed by atoms with van der Waals surface area (Å²) in [5.74, 6) is 0.835. The average molecular weight is 661 g/mol. The maximum Gasteiger partial charge on any atom is 0.278 e. The van der Waals surface area contributed by atoms with Crippen LogP contribution in [-0.2, 0) is 6.67 Å². The Hall–Kier alpha value is -5.96. The number of hydrogen-bond acceptors (Lipinski definition) is 10. The summed E-state index contributed by atoms with van der Waals surface area (Å²) in [4.78, 5) is 51.2. The molecule has 1 aliphatic heterocycles. The van der Waals surface area contributed by atoms with Crippen molar-refractivity contribution >= 4 is 46.0 Å². The highest BCUT2D eigenvalue weighted by molar-refractivity contribution is 5.93. The van der Waals surface area contributed by atoms with Crippen LogP contribution in [0.5, 0.6) is 0 Å². The number of fused-ring (bicyclic) bond motifs is 2. The van der Waals surface area contributed by atoms with Crippen molar-refractivity contribution in [3.05, 3.63) is 84.7 Å². The first-order valence-electron chi connectivity index (χ1n) is 16.2. The molecule has 2 aromatic carbocycles. The van der Waals surface area contributed by atoms with Crippen molar-refractivity contribution in [2.24, 2.45) is 17.4 Å². The molecule has 7 rings (SSSR count). The molecule has 1 fully saturated rings. The minimum Gasteiger partial charge on any atom is -0.366 e. The number of nitrogens with two attached hydrogens (primary N) is 2. The van der Waals surface area contributed by atoms with Gasteiger partial charge < -0.3 is 21.7 Å². The van der Waals surface area contributed by atoms with Crippen molar-refractivity contribution in [2.45, 2.75) is 26.9 Å². The largest absolute Gasteiger partial charge is 0.366 e. The molecule has 15 nitrogen and oxygen atoms in total. The van der Waals surface area contributed by atoms with E-state index in [9.17, 15) is 9.59 Å². The second kappa shape index (κ2) is 13.3. The van der Waals surface area contributed by atoms with E-state index in [1.165, 1.54) is 0 Å². The van der Waals surface area contributed by atoms with Crippen LogP contribution in [0.4, 0.5) is 11.9 Å². The summed E-state index contributed by atoms with van der Waals surface area (Å²) in [6.45, 7) is 8.84. The minimum absolute atomic E-state index is 0.439. The summed E-state index contributed by atoms with van der Waals surface area (Å²) >= 11 is 0. The van der Waals surface area contributed by atoms with Gasteiger partial charge in [-0.25, -0.2) is 19.5 Å². The first-order chi connectivity index (χ1) is 23.7. The molecule has 0 spiro atoms. The van der Waals surface area contributed by atoms with Gasteiger partial charge in [-0.2, -0.15) is 14.5 Å². The van der Waals surface area contributed by atoms with E-state index in [0.717, 1.165) is 61.7 Å². The molecular weight excluding hydrogens is 622 g/mol. The smallest absolute Gasteiger partial charge is 0.278 e. The number of anilines is 2. The fraction of sp³-hybridized carbons (Fsp3) is 0.294. The van der Waals surface area contributed by atoms with Crippen molar-refractivity contribution < 1.29 is 14.2 Å². The molecule has 0 atom stereocenters. The van der Waals surface area contributed by atoms with Gasteiger partial charge in [0, 0.05) is 49.5 Å². The second-order valence-electron chi connectivity index (χ2n) is 12.5. The predicted octanol–water partition coefficient (Wildman–Crippen LogP) is 2.27. The van der Waals surface area contributed by atoms with E-state index in [1.807, 2.05) is 45.9 Å². The van der Waals surface area contributed by atoms with Gasteiger partial charge in [0.15, 0.2) is 5.65 Å². The molecule has 49 heavy (non-hydrogen) atoms. The number of amides is 2. The Balaban J connectivity index is 1.09. The number of aromatic nitrogens is 8. The summed E-state index contributed by atoms with van der Waals surface area (Å²) in [5, 5.41) is 3.35. The first kappa shape index (κ1) is 31.6. The summed E-state index contributed by atoms with van der Waals surface area (Å²) in [7, 11) is 0. The number of benzene rings is 2. The third-order valence-electron chi connectivity index (χ3n) is 8.69. The summed E-state index contributed by atoms with van der Waals surface area (Å²) < 4.78 is 6.04. The van der Waals surface area contributed by atoms with Gasteiger partial charge in [0.1, 0.15) is 24.2 Å². The van der Waals surface area contributed by atoms with Crippen LogP contribution in [0.1, 0.15) is 41.0 Å². The van der Waals surface area contributed by atoms with Crippen molar-refractivity contribution in [1.82, 2.24) is 39.0 Å². The lowest BCUT2D eigenvalue weighted by molar-refractivity contribution is -0.691. The number of hydrogen-bond donors (Lipinski definition) is 3. The molecule has 1 aliphatic rings. The summed E-state index contributed by atoms with van der Waals surface area (Å²) in [5.41, 5.74) is 16.5. The average Bonchev–Trinajstić information content (AvgIpc) is 3.69. The molecule has 6 aromatic rings. The third-order valence-corrected chi connectivity index (χ3v) is 8.69. The number of carbonyl (C=O) groups is 2. The van der Waals surface area contributed by atoms with E-state index >= 15 is 0 Å². The van der Waals surface area contributed by atoms with Gasteiger partial charge in [-0.15, -0.1) is 0 Å². The zero-order chi connectivity index (χ0) is 34.1. The normalized spacial score (nSPS) is 13.8. The number of imidazole rings is 2. The van der Waals surface area contributed by atoms with Crippen LogP contribution in [0.15, 0.2) is 73.6 Å². The van der Waals surface area contributed by atoms with Gasteiger partial charge >= 0.3 is 0 Å². The first-order valence-corrected chi connectivity index (χ1v) is 16.2. The Labute approximate surface area is 282 Å². The van der Waals surface area contributed by atoms with Gasteiger partial charge in [0.05, 0.1) is 12.4 Å². The Kier molecular flexibility index (Phi) is 8.57. The minimum atomic E-state index is -0.474. The van der Waals surface area contributed by atoms with Gasteiger partial charge in [-0.3, -0.25) is 19.1 Å². The Morgan fingerprint density at radius 3 is 2.10 bits per heavy atom. The van der Waals surface area contributed by atoms with E-state index in [1.54, 1.807) is 36.8 Å². The van der Waals surface area contributed by atoms with E-state index in [2.05, 4.69) is 48.5 Å². The molecular formula is C34H38N13O2+. The van der Waals surface area contributed by atoms with Gasteiger partial charge in [-0.05, 0) is 60.9 Å². The molecule has 0 radical (unpaired) electrons. The molecule has 0 unspecified atom stereocenters. The quantitative estimate of drug-likeness (QED) is 0.174. The van der Waals surface area contributed by atoms with Crippen molar-refractivity contribution in [3.8, 4) is 11.4 Å². The monoisotopic (exact) mass is 660 g/mol. The van der Waals surface area contributed by atoms with Crippen LogP contribution >= 0.6 is 0 Å². The standard InChI is InChI=1S/C34H37N13O2/c1-22(2)11-12-37-33-38-18-28-32(41-33)47(26-9-5-24(6-10-26)30(36)49)21-45(28)20-43-13-15-44(16-14-43)34-39-17-27-31(42-34)46(19-40-27)25-7-3-23(4-8-25)29(35)48/h3-10,17-19,21-22H,11-16,20H2,1-2H3,(H4-,35,36,37,38,41,48,49)/p+1. The molecule has 250 valence electrons. The maximum atomic E-state index is 11.7. The third kappa shape index (κ3) is 6.60. The highest BCUT2D eigenvalue weighted by atomic mass is 16.1. The molecule has 15 heteroatoms. The van der Waals surface area contributed by atoms with Crippen LogP contribution in [0.3, 0.4) is 0 Å². The van der Waals surface area contributed by atoms with E-state index in [0.29, 0.717) is 46.8 Å². The van der Waals surface area contributed by atoms with Gasteiger partial charge in [0.25, 0.3) is 12.0 Å². The topological polar surface area (TPSA) is 183 Å². The highest BCUT2D eigenvalue weighted by Crippen LogP contribution is 2.21. The fourth-order valence-electron chi connectivity index (χ4n) is 5.88. The van der Waals surface area contributed by atoms with E-state index in [4.69, 9.17) is 21.4 Å². The van der Waals surface area contributed by atoms with Crippen molar-refractivity contribution in [2.75, 3.05) is 42.9 Å². The highest BCUT2D eigenvalue weighted by Gasteiger charge is 2.26. The number of nitrogens with zero attached hydrogens (tertiary/aromatic N) is 10. The fourth-order valence-corrected chi connectivity index (χ4v) is 5.88. The lowest BCUT2D eigenvalue weighted by Crippen LogP contribution is -2.52. The maximum absolute atomic E-state index is 11.7. The number of primary amides is 2. The van der Waals surface area contributed by atoms with Crippen LogP contribution in [-0.4, -0.2) is 83.5 Å². The Bertz CT molecular complexity index is 2130. The zero-order valence-corrected chi connectivity index (χ0v) is 27.4. The van der Waals surface area contributed by atoms with Crippen LogP contribution in [0.25, 0.3) is 33.7 Å². The lowest BCUT2D eigenvalue weighted by atomic mass is 10.1. The van der Waals surface area contributed by atoms with Gasteiger partial charge in [0.2, 0.25) is 29.2 Å². The zero-order valence-electron chi connectivity index (χ0n) is 27.4. The lowest BCUT2D eigenvalue weighted by Gasteiger charge is -2.33. The Morgan fingerprint density at radius 1 is 0.816 bits per heavy atom. The molecule has 0 aliphatic carbocycles. The Morgan fingerprint density at radius 2 is 1.47 bits per heavy atom. The molecule has 0 saturated carbocycles. The number of rotatable bonds is 11. The number of carbonyl (C=O) groups excluding carboxylic acids is 2. The van der Waals surface area contributed by atoms with E-state index in [-0.39, 0.29) is 0 Å². The second-order valence-corrected chi connectivity index (χ2v) is 12.5. The van der Waals surface area contributed by atoms with Crippen molar-refractivity contribution in [3.63, 3.8) is 0 Å². The molecule has 4 aromatic heterocycles. The molecule has 5 heterocycles. The molecule has 1 saturated heterocycles. The molecule has 2 amide bonds. The summed E-state index contributed by atoms with van der Waals surface area (Å²) in [6.07, 6.45) is 8.34. The van der Waals surface area contributed by atoms with Crippen LogP contribution in [0.2, 0.25) is 0 Å². The molecule has 5 N–H and O–H groups in total. The van der Waals surface area contributed by atoms with Crippen molar-refractivity contribution in [1.29, 1.82) is 0 Å². The van der Waals surface area contributed by atoms with Gasteiger partial charge in [-0.1, -0.05) is 13.8 Å². The molecule has 0 bridgehead atoms. The van der Waals surface area contributed by atoms with E-state index < -0.39 is 11.8 Å². The van der Waals surface area contributed by atoms with Crippen LogP contribution in [0, 0.1) is 5.92 Å². The number of piperazine rings is 1. The summed E-state index contributed by atoms with van der Waals surface area (Å²) in [6, 6.07) is 14.2. The predicted molar refractivity (Wildman–Crippen MR) is 184 cm³/mol.